The van der Waals surface area contributed by atoms with Gasteiger partial charge in [-0.3, -0.25) is 4.79 Å². The van der Waals surface area contributed by atoms with E-state index >= 15 is 0 Å². The Morgan fingerprint density at radius 1 is 1.02 bits per heavy atom. The summed E-state index contributed by atoms with van der Waals surface area (Å²) in [6, 6.07) is 14.8. The van der Waals surface area contributed by atoms with E-state index in [1.807, 2.05) is 22.7 Å². The van der Waals surface area contributed by atoms with Crippen LogP contribution < -0.4 is 5.32 Å². The molecule has 0 bridgehead atoms. The van der Waals surface area contributed by atoms with Crippen molar-refractivity contribution in [2.45, 2.75) is 91.0 Å². The zero-order valence-electron chi connectivity index (χ0n) is 25.1. The van der Waals surface area contributed by atoms with Gasteiger partial charge >= 0.3 is 0 Å². The fraction of sp³-hybridized carbons (Fsp3) is 0.514. The second kappa shape index (κ2) is 12.2. The lowest BCUT2D eigenvalue weighted by atomic mass is 9.74. The van der Waals surface area contributed by atoms with Crippen LogP contribution in [-0.2, 0) is 4.79 Å². The molecule has 0 spiro atoms. The zero-order valence-corrected chi connectivity index (χ0v) is 25.1. The van der Waals surface area contributed by atoms with E-state index in [-0.39, 0.29) is 6.04 Å². The summed E-state index contributed by atoms with van der Waals surface area (Å²) in [6.07, 6.45) is 12.3. The number of rotatable bonds is 8. The molecule has 1 N–H and O–H groups in total. The van der Waals surface area contributed by atoms with E-state index in [9.17, 15) is 10.1 Å². The van der Waals surface area contributed by atoms with Crippen LogP contribution in [0.5, 0.6) is 0 Å². The molecule has 0 unspecified atom stereocenters. The molecule has 2 aromatic heterocycles. The van der Waals surface area contributed by atoms with Crippen LogP contribution in [0, 0.1) is 35.0 Å². The third-order valence-corrected chi connectivity index (χ3v) is 9.63. The fourth-order valence-corrected chi connectivity index (χ4v) is 7.14. The maximum Gasteiger partial charge on any atom is 0.136 e. The SMILES string of the molecule is CC1CCC(C(=O)CC2CCC(C3=NN=C(c4ccc(-c5ccc6cc(C#N)cnn56)cc4NC(C)C)C3)CC2)CC1. The Balaban J connectivity index is 1.10. The fourth-order valence-electron chi connectivity index (χ4n) is 7.14. The minimum absolute atomic E-state index is 0.261. The lowest BCUT2D eigenvalue weighted by Gasteiger charge is -2.30. The first-order valence-electron chi connectivity index (χ1n) is 15.8. The van der Waals surface area contributed by atoms with Gasteiger partial charge in [0.05, 0.1) is 28.7 Å². The second-order valence-corrected chi connectivity index (χ2v) is 13.1. The summed E-state index contributed by atoms with van der Waals surface area (Å²) < 4.78 is 1.88. The van der Waals surface area contributed by atoms with Gasteiger partial charge in [-0.1, -0.05) is 31.9 Å². The van der Waals surface area contributed by atoms with Gasteiger partial charge in [0, 0.05) is 47.3 Å². The maximum atomic E-state index is 12.9. The van der Waals surface area contributed by atoms with Crippen molar-refractivity contribution in [3.8, 4) is 17.3 Å². The number of anilines is 1. The summed E-state index contributed by atoms with van der Waals surface area (Å²) in [6.45, 7) is 6.60. The predicted molar refractivity (Wildman–Crippen MR) is 169 cm³/mol. The molecular formula is C35H42N6O. The Bertz CT molecular complexity index is 1560. The van der Waals surface area contributed by atoms with Gasteiger partial charge in [-0.15, -0.1) is 0 Å². The number of Topliss-reactive ketones (excluding diaryl/α,β-unsaturated/α-hetero) is 1. The summed E-state index contributed by atoms with van der Waals surface area (Å²) in [7, 11) is 0. The van der Waals surface area contributed by atoms with Crippen LogP contribution in [0.15, 0.2) is 52.8 Å². The van der Waals surface area contributed by atoms with Crippen molar-refractivity contribution in [2.75, 3.05) is 5.32 Å². The molecule has 0 atom stereocenters. The number of aromatic nitrogens is 2. The number of nitriles is 1. The molecule has 3 aromatic rings. The standard InChI is InChI=1S/C35H42N6O/c1-22(2)38-32-18-28(34-15-13-29-16-25(20-36)21-37-41(29)34)12-14-30(32)33-19-31(39-40-33)26-10-6-24(7-11-26)17-35(42)27-8-4-23(3)5-9-27/h12-16,18,21-24,26-27,38H,4-11,17,19H2,1-3H3. The Labute approximate surface area is 249 Å². The van der Waals surface area contributed by atoms with E-state index < -0.39 is 0 Å². The molecule has 7 nitrogen and oxygen atoms in total. The first kappa shape index (κ1) is 28.3. The van der Waals surface area contributed by atoms with Crippen LogP contribution in [0.3, 0.4) is 0 Å². The van der Waals surface area contributed by atoms with Crippen LogP contribution in [-0.4, -0.2) is 32.9 Å². The van der Waals surface area contributed by atoms with Crippen molar-refractivity contribution < 1.29 is 4.79 Å². The summed E-state index contributed by atoms with van der Waals surface area (Å²) >= 11 is 0. The van der Waals surface area contributed by atoms with Gasteiger partial charge in [-0.05, 0) is 94.4 Å². The number of carbonyl (C=O) groups excluding carboxylic acids is 1. The molecule has 2 saturated carbocycles. The minimum atomic E-state index is 0.261. The Morgan fingerprint density at radius 2 is 1.81 bits per heavy atom. The minimum Gasteiger partial charge on any atom is -0.382 e. The average molecular weight is 563 g/mol. The topological polar surface area (TPSA) is 94.9 Å². The number of hydrogen-bond acceptors (Lipinski definition) is 6. The molecule has 2 fully saturated rings. The lowest BCUT2D eigenvalue weighted by Crippen LogP contribution is -2.27. The first-order valence-corrected chi connectivity index (χ1v) is 15.8. The van der Waals surface area contributed by atoms with Gasteiger partial charge in [0.25, 0.3) is 0 Å². The molecule has 7 heteroatoms. The predicted octanol–water partition coefficient (Wildman–Crippen LogP) is 7.83. The van der Waals surface area contributed by atoms with E-state index in [4.69, 9.17) is 5.10 Å². The highest BCUT2D eigenvalue weighted by atomic mass is 16.1. The smallest absolute Gasteiger partial charge is 0.136 e. The highest BCUT2D eigenvalue weighted by molar-refractivity contribution is 6.18. The molecule has 2 aliphatic carbocycles. The summed E-state index contributed by atoms with van der Waals surface area (Å²) in [5, 5.41) is 26.8. The van der Waals surface area contributed by atoms with Crippen molar-refractivity contribution in [1.29, 1.82) is 5.26 Å². The highest BCUT2D eigenvalue weighted by Gasteiger charge is 2.31. The Hall–Kier alpha value is -3.79. The van der Waals surface area contributed by atoms with Gasteiger partial charge in [-0.25, -0.2) is 4.52 Å². The van der Waals surface area contributed by atoms with Crippen molar-refractivity contribution >= 4 is 28.4 Å². The number of nitrogens with one attached hydrogen (secondary N) is 1. The molecular weight excluding hydrogens is 520 g/mol. The Kier molecular flexibility index (Phi) is 8.24. The highest BCUT2D eigenvalue weighted by Crippen LogP contribution is 2.37. The molecule has 3 aliphatic rings. The van der Waals surface area contributed by atoms with E-state index in [1.54, 1.807) is 6.20 Å². The molecule has 1 aromatic carbocycles. The van der Waals surface area contributed by atoms with Crippen LogP contribution in [0.2, 0.25) is 0 Å². The normalized spacial score (nSPS) is 24.4. The van der Waals surface area contributed by atoms with Gasteiger partial charge in [0.2, 0.25) is 0 Å². The number of carbonyl (C=O) groups is 1. The summed E-state index contributed by atoms with van der Waals surface area (Å²) in [5.74, 6) is 2.63. The quantitative estimate of drug-likeness (QED) is 0.303. The van der Waals surface area contributed by atoms with Crippen molar-refractivity contribution in [3.05, 3.63) is 53.7 Å². The number of benzene rings is 1. The van der Waals surface area contributed by atoms with Crippen LogP contribution in [0.4, 0.5) is 5.69 Å². The molecule has 3 heterocycles. The molecule has 0 amide bonds. The van der Waals surface area contributed by atoms with E-state index in [1.165, 1.54) is 18.6 Å². The van der Waals surface area contributed by atoms with Gasteiger partial charge < -0.3 is 5.32 Å². The molecule has 0 saturated heterocycles. The van der Waals surface area contributed by atoms with Gasteiger partial charge in [0.15, 0.2) is 0 Å². The average Bonchev–Trinajstić information content (AvgIpc) is 3.65. The molecule has 42 heavy (non-hydrogen) atoms. The summed E-state index contributed by atoms with van der Waals surface area (Å²) in [5.41, 5.74) is 7.82. The third kappa shape index (κ3) is 6.04. The van der Waals surface area contributed by atoms with Crippen molar-refractivity contribution in [3.63, 3.8) is 0 Å². The van der Waals surface area contributed by atoms with E-state index in [0.717, 1.165) is 91.0 Å². The molecule has 1 aliphatic heterocycles. The maximum absolute atomic E-state index is 12.9. The first-order chi connectivity index (χ1) is 20.4. The van der Waals surface area contributed by atoms with E-state index in [2.05, 4.69) is 60.6 Å². The van der Waals surface area contributed by atoms with Crippen LogP contribution in [0.25, 0.3) is 16.8 Å². The number of fused-ring (bicyclic) bond motifs is 1. The van der Waals surface area contributed by atoms with Crippen molar-refractivity contribution in [1.82, 2.24) is 9.61 Å². The van der Waals surface area contributed by atoms with Crippen LogP contribution >= 0.6 is 0 Å². The summed E-state index contributed by atoms with van der Waals surface area (Å²) in [4.78, 5) is 12.9. The third-order valence-electron chi connectivity index (χ3n) is 9.63. The van der Waals surface area contributed by atoms with Crippen LogP contribution in [0.1, 0.15) is 96.1 Å². The lowest BCUT2D eigenvalue weighted by molar-refractivity contribution is -0.125. The second-order valence-electron chi connectivity index (χ2n) is 13.1. The van der Waals surface area contributed by atoms with E-state index in [0.29, 0.717) is 29.1 Å². The number of ketones is 1. The number of hydrogen-bond donors (Lipinski definition) is 1. The van der Waals surface area contributed by atoms with Gasteiger partial charge in [0.1, 0.15) is 11.9 Å². The number of nitrogens with zero attached hydrogens (tertiary/aromatic N) is 5. The largest absolute Gasteiger partial charge is 0.382 e. The monoisotopic (exact) mass is 562 g/mol. The molecule has 0 radical (unpaired) electrons. The van der Waals surface area contributed by atoms with Crippen molar-refractivity contribution in [2.24, 2.45) is 33.9 Å². The molecule has 6 rings (SSSR count). The Morgan fingerprint density at radius 3 is 2.55 bits per heavy atom. The van der Waals surface area contributed by atoms with Gasteiger partial charge in [-0.2, -0.15) is 20.6 Å². The zero-order chi connectivity index (χ0) is 29.2. The molecule has 218 valence electrons.